The van der Waals surface area contributed by atoms with Gasteiger partial charge in [-0.05, 0) is 60.9 Å². The van der Waals surface area contributed by atoms with E-state index in [0.29, 0.717) is 40.3 Å². The van der Waals surface area contributed by atoms with Crippen LogP contribution in [0.4, 0.5) is 5.69 Å². The molecule has 1 amide bonds. The van der Waals surface area contributed by atoms with Gasteiger partial charge in [0, 0.05) is 10.7 Å². The summed E-state index contributed by atoms with van der Waals surface area (Å²) < 4.78 is 11.2. The molecule has 1 aliphatic heterocycles. The minimum absolute atomic E-state index is 0.0358. The van der Waals surface area contributed by atoms with Crippen LogP contribution in [0.2, 0.25) is 5.02 Å². The highest BCUT2D eigenvalue weighted by Gasteiger charge is 2.47. The average Bonchev–Trinajstić information content (AvgIpc) is 3.13. The molecule has 36 heavy (non-hydrogen) atoms. The molecule has 1 fully saturated rings. The number of ketones is 1. The second-order valence-corrected chi connectivity index (χ2v) is 9.56. The Morgan fingerprint density at radius 2 is 1.78 bits per heavy atom. The van der Waals surface area contributed by atoms with E-state index in [1.807, 2.05) is 31.2 Å². The molecule has 1 unspecified atom stereocenters. The molecule has 0 aromatic heterocycles. The number of rotatable bonds is 7. The van der Waals surface area contributed by atoms with Crippen molar-refractivity contribution in [3.8, 4) is 11.5 Å². The van der Waals surface area contributed by atoms with E-state index in [4.69, 9.17) is 21.1 Å². The van der Waals surface area contributed by atoms with Crippen molar-refractivity contribution in [1.82, 2.24) is 0 Å². The fourth-order valence-corrected chi connectivity index (χ4v) is 4.40. The van der Waals surface area contributed by atoms with E-state index >= 15 is 0 Å². The molecule has 1 saturated heterocycles. The molecule has 0 spiro atoms. The summed E-state index contributed by atoms with van der Waals surface area (Å²) in [6, 6.07) is 18.4. The lowest BCUT2D eigenvalue weighted by molar-refractivity contribution is -0.132. The Kier molecular flexibility index (Phi) is 7.36. The third-order valence-corrected chi connectivity index (χ3v) is 6.15. The first-order valence-electron chi connectivity index (χ1n) is 11.7. The number of benzene rings is 3. The highest BCUT2D eigenvalue weighted by atomic mass is 35.5. The van der Waals surface area contributed by atoms with Crippen LogP contribution in [0.15, 0.2) is 72.3 Å². The number of nitrogens with zero attached hydrogens (tertiary/aromatic N) is 1. The molecule has 3 aromatic rings. The van der Waals surface area contributed by atoms with Crippen LogP contribution in [0.25, 0.3) is 5.76 Å². The van der Waals surface area contributed by atoms with Crippen molar-refractivity contribution < 1.29 is 24.2 Å². The van der Waals surface area contributed by atoms with E-state index in [9.17, 15) is 14.7 Å². The normalized spacial score (nSPS) is 17.1. The molecule has 1 heterocycles. The van der Waals surface area contributed by atoms with E-state index in [-0.39, 0.29) is 16.9 Å². The van der Waals surface area contributed by atoms with Crippen LogP contribution < -0.4 is 14.4 Å². The maximum atomic E-state index is 13.4. The van der Waals surface area contributed by atoms with Crippen molar-refractivity contribution in [3.63, 3.8) is 0 Å². The molecule has 1 aliphatic rings. The monoisotopic (exact) mass is 505 g/mol. The lowest BCUT2D eigenvalue weighted by Gasteiger charge is -2.26. The minimum atomic E-state index is -0.851. The number of methoxy groups -OCH3 is 1. The van der Waals surface area contributed by atoms with Crippen molar-refractivity contribution in [2.75, 3.05) is 18.6 Å². The molecule has 1 atom stereocenters. The van der Waals surface area contributed by atoms with Gasteiger partial charge >= 0.3 is 0 Å². The Balaban J connectivity index is 1.87. The number of amides is 1. The van der Waals surface area contributed by atoms with Crippen LogP contribution in [-0.2, 0) is 9.59 Å². The molecule has 0 saturated carbocycles. The number of hydrogen-bond acceptors (Lipinski definition) is 5. The van der Waals surface area contributed by atoms with Crippen LogP contribution in [0.3, 0.4) is 0 Å². The lowest BCUT2D eigenvalue weighted by Crippen LogP contribution is -2.29. The molecule has 6 nitrogen and oxygen atoms in total. The summed E-state index contributed by atoms with van der Waals surface area (Å²) in [6.07, 6.45) is 0. The Bertz CT molecular complexity index is 1330. The zero-order valence-electron chi connectivity index (χ0n) is 20.6. The van der Waals surface area contributed by atoms with Gasteiger partial charge in [0.1, 0.15) is 17.3 Å². The molecule has 0 aliphatic carbocycles. The van der Waals surface area contributed by atoms with Crippen LogP contribution in [0.5, 0.6) is 11.5 Å². The maximum Gasteiger partial charge on any atom is 0.300 e. The van der Waals surface area contributed by atoms with E-state index in [1.54, 1.807) is 36.4 Å². The first kappa shape index (κ1) is 25.3. The Labute approximate surface area is 215 Å². The molecule has 0 radical (unpaired) electrons. The van der Waals surface area contributed by atoms with E-state index in [0.717, 1.165) is 5.56 Å². The van der Waals surface area contributed by atoms with Gasteiger partial charge in [0.2, 0.25) is 0 Å². The predicted molar refractivity (Wildman–Crippen MR) is 141 cm³/mol. The molecule has 7 heteroatoms. The highest BCUT2D eigenvalue weighted by molar-refractivity contribution is 6.51. The molecular weight excluding hydrogens is 478 g/mol. The number of anilines is 1. The van der Waals surface area contributed by atoms with Gasteiger partial charge in [-0.1, -0.05) is 55.3 Å². The van der Waals surface area contributed by atoms with Gasteiger partial charge in [0.05, 0.1) is 30.9 Å². The third-order valence-electron chi connectivity index (χ3n) is 5.92. The van der Waals surface area contributed by atoms with Crippen LogP contribution in [0, 0.1) is 12.8 Å². The molecule has 186 valence electrons. The van der Waals surface area contributed by atoms with E-state index < -0.39 is 17.7 Å². The van der Waals surface area contributed by atoms with Gasteiger partial charge in [-0.25, -0.2) is 0 Å². The maximum absolute atomic E-state index is 13.4. The number of Topliss-reactive ketones (excluding diaryl/α,β-unsaturated/α-hetero) is 1. The van der Waals surface area contributed by atoms with Crippen molar-refractivity contribution >= 4 is 34.7 Å². The van der Waals surface area contributed by atoms with Gasteiger partial charge < -0.3 is 14.6 Å². The quantitative estimate of drug-likeness (QED) is 0.231. The zero-order valence-corrected chi connectivity index (χ0v) is 21.4. The average molecular weight is 506 g/mol. The molecule has 0 bridgehead atoms. The predicted octanol–water partition coefficient (Wildman–Crippen LogP) is 6.32. The Morgan fingerprint density at radius 1 is 1.06 bits per heavy atom. The summed E-state index contributed by atoms with van der Waals surface area (Å²) in [5.74, 6) is -0.510. The van der Waals surface area contributed by atoms with Gasteiger partial charge in [-0.15, -0.1) is 0 Å². The van der Waals surface area contributed by atoms with Crippen molar-refractivity contribution in [2.24, 2.45) is 5.92 Å². The van der Waals surface area contributed by atoms with E-state index in [1.165, 1.54) is 18.1 Å². The zero-order chi connectivity index (χ0) is 26.0. The third kappa shape index (κ3) is 4.95. The Morgan fingerprint density at radius 3 is 2.42 bits per heavy atom. The van der Waals surface area contributed by atoms with Gasteiger partial charge in [0.25, 0.3) is 11.7 Å². The fourth-order valence-electron chi connectivity index (χ4n) is 4.23. The van der Waals surface area contributed by atoms with Gasteiger partial charge in [0.15, 0.2) is 0 Å². The fraction of sp³-hybridized carbons (Fsp3) is 0.241. The van der Waals surface area contributed by atoms with Crippen molar-refractivity contribution in [2.45, 2.75) is 26.8 Å². The van der Waals surface area contributed by atoms with Crippen LogP contribution in [-0.4, -0.2) is 30.5 Å². The smallest absolute Gasteiger partial charge is 0.300 e. The number of carbonyl (C=O) groups excluding carboxylic acids is 2. The number of carbonyl (C=O) groups is 2. The van der Waals surface area contributed by atoms with Crippen molar-refractivity contribution in [1.29, 1.82) is 0 Å². The lowest BCUT2D eigenvalue weighted by atomic mass is 9.94. The highest BCUT2D eigenvalue weighted by Crippen LogP contribution is 2.44. The molecule has 4 rings (SSSR count). The molecular formula is C29H28ClNO5. The SMILES string of the molecule is COc1ccc(Cl)cc1/C(O)=C1\C(=O)C(=O)N(c2ccc(OCC(C)C)cc2)C1c1cccc(C)c1. The topological polar surface area (TPSA) is 76.1 Å². The summed E-state index contributed by atoms with van der Waals surface area (Å²) in [7, 11) is 1.46. The molecule has 1 N–H and O–H groups in total. The summed E-state index contributed by atoms with van der Waals surface area (Å²) in [5, 5.41) is 11.8. The number of aliphatic hydroxyl groups excluding tert-OH is 1. The summed E-state index contributed by atoms with van der Waals surface area (Å²) in [6.45, 7) is 6.61. The summed E-state index contributed by atoms with van der Waals surface area (Å²) in [5.41, 5.74) is 2.36. The van der Waals surface area contributed by atoms with E-state index in [2.05, 4.69) is 13.8 Å². The standard InChI is InChI=1S/C29H28ClNO5/c1-17(2)16-36-22-11-9-21(10-12-22)31-26(19-7-5-6-18(3)14-19)25(28(33)29(31)34)27(32)23-15-20(30)8-13-24(23)35-4/h5-15,17,26,32H,16H2,1-4H3/b27-25+. The van der Waals surface area contributed by atoms with Gasteiger partial charge in [-0.2, -0.15) is 0 Å². The van der Waals surface area contributed by atoms with Crippen LogP contribution in [0.1, 0.15) is 36.6 Å². The number of hydrogen-bond donors (Lipinski definition) is 1. The second-order valence-electron chi connectivity index (χ2n) is 9.13. The summed E-state index contributed by atoms with van der Waals surface area (Å²) in [4.78, 5) is 28.2. The first-order valence-corrected chi connectivity index (χ1v) is 12.0. The van der Waals surface area contributed by atoms with Crippen molar-refractivity contribution in [3.05, 3.63) is 94.0 Å². The van der Waals surface area contributed by atoms with Crippen LogP contribution >= 0.6 is 11.6 Å². The number of aryl methyl sites for hydroxylation is 1. The first-order chi connectivity index (χ1) is 17.2. The largest absolute Gasteiger partial charge is 0.507 e. The second kappa shape index (κ2) is 10.5. The number of ether oxygens (including phenoxy) is 2. The minimum Gasteiger partial charge on any atom is -0.507 e. The Hall–Kier alpha value is -3.77. The van der Waals surface area contributed by atoms with Gasteiger partial charge in [-0.3, -0.25) is 14.5 Å². The molecule has 3 aromatic carbocycles. The number of aliphatic hydroxyl groups is 1. The number of halogens is 1. The summed E-state index contributed by atoms with van der Waals surface area (Å²) >= 11 is 6.18.